The van der Waals surface area contributed by atoms with Gasteiger partial charge < -0.3 is 10.0 Å². The van der Waals surface area contributed by atoms with Crippen LogP contribution in [0.25, 0.3) is 0 Å². The fourth-order valence-electron chi connectivity index (χ4n) is 3.12. The van der Waals surface area contributed by atoms with Gasteiger partial charge >= 0.3 is 5.97 Å². The minimum Gasteiger partial charge on any atom is -0.479 e. The van der Waals surface area contributed by atoms with Gasteiger partial charge in [0.15, 0.2) is 0 Å². The molecule has 2 rings (SSSR count). The number of carboxylic acids is 1. The van der Waals surface area contributed by atoms with Crippen LogP contribution in [0.3, 0.4) is 0 Å². The summed E-state index contributed by atoms with van der Waals surface area (Å²) in [5, 5.41) is 10.0. The molecule has 0 spiro atoms. The van der Waals surface area contributed by atoms with Gasteiger partial charge in [0.25, 0.3) is 5.91 Å². The quantitative estimate of drug-likeness (QED) is 0.926. The number of nitrogens with zero attached hydrogens (tertiary/aromatic N) is 1. The Bertz CT molecular complexity index is 573. The summed E-state index contributed by atoms with van der Waals surface area (Å²) in [6, 6.07) is 5.22. The number of likely N-dealkylation sites (tertiary alicyclic amines) is 1. The van der Waals surface area contributed by atoms with Crippen molar-refractivity contribution >= 4 is 23.5 Å². The van der Waals surface area contributed by atoms with Crippen LogP contribution in [-0.2, 0) is 4.79 Å². The number of hydrogen-bond donors (Lipinski definition) is 1. The van der Waals surface area contributed by atoms with E-state index >= 15 is 0 Å². The van der Waals surface area contributed by atoms with Crippen molar-refractivity contribution in [2.75, 3.05) is 6.54 Å². The molecule has 1 aromatic rings. The number of aryl methyl sites for hydroxylation is 1. The highest BCUT2D eigenvalue weighted by Gasteiger charge is 2.49. The van der Waals surface area contributed by atoms with Gasteiger partial charge in [0.2, 0.25) is 0 Å². The average molecular weight is 310 g/mol. The van der Waals surface area contributed by atoms with Gasteiger partial charge in [-0.05, 0) is 43.9 Å². The second-order valence-electron chi connectivity index (χ2n) is 5.63. The zero-order valence-electron chi connectivity index (χ0n) is 12.4. The lowest BCUT2D eigenvalue weighted by atomic mass is 9.90. The molecular weight excluding hydrogens is 290 g/mol. The number of carbonyl (C=O) groups excluding carboxylic acids is 1. The molecule has 21 heavy (non-hydrogen) atoms. The lowest BCUT2D eigenvalue weighted by molar-refractivity contribution is -0.148. The first kappa shape index (κ1) is 15.8. The number of aliphatic carboxylic acids is 1. The highest BCUT2D eigenvalue weighted by molar-refractivity contribution is 6.34. The van der Waals surface area contributed by atoms with Crippen LogP contribution in [0.15, 0.2) is 18.2 Å². The first-order chi connectivity index (χ1) is 9.92. The van der Waals surface area contributed by atoms with E-state index in [-0.39, 0.29) is 5.91 Å². The van der Waals surface area contributed by atoms with Crippen molar-refractivity contribution in [1.82, 2.24) is 4.90 Å². The summed E-state index contributed by atoms with van der Waals surface area (Å²) < 4.78 is 0. The van der Waals surface area contributed by atoms with Crippen LogP contribution in [0.2, 0.25) is 5.02 Å². The van der Waals surface area contributed by atoms with E-state index in [9.17, 15) is 14.7 Å². The van der Waals surface area contributed by atoms with Gasteiger partial charge in [-0.3, -0.25) is 4.79 Å². The van der Waals surface area contributed by atoms with E-state index in [0.29, 0.717) is 36.4 Å². The molecule has 1 saturated heterocycles. The molecule has 1 amide bonds. The average Bonchev–Trinajstić information content (AvgIpc) is 2.83. The molecule has 1 unspecified atom stereocenters. The SMILES string of the molecule is CCCC1(C(=O)O)CCCN1C(=O)c1ccc(C)cc1Cl. The number of carbonyl (C=O) groups is 2. The predicted molar refractivity (Wildman–Crippen MR) is 81.7 cm³/mol. The van der Waals surface area contributed by atoms with E-state index in [4.69, 9.17) is 11.6 Å². The lowest BCUT2D eigenvalue weighted by Crippen LogP contribution is -2.53. The summed E-state index contributed by atoms with van der Waals surface area (Å²) in [5.41, 5.74) is 0.266. The van der Waals surface area contributed by atoms with Gasteiger partial charge in [-0.25, -0.2) is 4.79 Å². The molecule has 1 aromatic carbocycles. The Morgan fingerprint density at radius 1 is 1.43 bits per heavy atom. The summed E-state index contributed by atoms with van der Waals surface area (Å²) in [4.78, 5) is 26.0. The van der Waals surface area contributed by atoms with Crippen molar-refractivity contribution in [3.8, 4) is 0 Å². The van der Waals surface area contributed by atoms with Crippen molar-refractivity contribution in [2.24, 2.45) is 0 Å². The van der Waals surface area contributed by atoms with Crippen molar-refractivity contribution in [3.05, 3.63) is 34.3 Å². The van der Waals surface area contributed by atoms with E-state index in [2.05, 4.69) is 0 Å². The Labute approximate surface area is 129 Å². The van der Waals surface area contributed by atoms with E-state index in [0.717, 1.165) is 12.0 Å². The Morgan fingerprint density at radius 3 is 2.71 bits per heavy atom. The molecule has 1 fully saturated rings. The molecule has 4 nitrogen and oxygen atoms in total. The van der Waals surface area contributed by atoms with Crippen LogP contribution >= 0.6 is 11.6 Å². The predicted octanol–water partition coefficient (Wildman–Crippen LogP) is 3.51. The lowest BCUT2D eigenvalue weighted by Gasteiger charge is -2.35. The Hall–Kier alpha value is -1.55. The molecular formula is C16H20ClNO3. The second-order valence-corrected chi connectivity index (χ2v) is 6.04. The van der Waals surface area contributed by atoms with Crippen LogP contribution in [0.5, 0.6) is 0 Å². The Morgan fingerprint density at radius 2 is 2.14 bits per heavy atom. The number of amides is 1. The molecule has 0 aromatic heterocycles. The highest BCUT2D eigenvalue weighted by atomic mass is 35.5. The molecule has 0 bridgehead atoms. The first-order valence-corrected chi connectivity index (χ1v) is 7.61. The molecule has 5 heteroatoms. The highest BCUT2D eigenvalue weighted by Crippen LogP contribution is 2.36. The molecule has 0 radical (unpaired) electrons. The first-order valence-electron chi connectivity index (χ1n) is 7.24. The van der Waals surface area contributed by atoms with Crippen LogP contribution in [0, 0.1) is 6.92 Å². The van der Waals surface area contributed by atoms with Crippen LogP contribution in [0.1, 0.15) is 48.5 Å². The van der Waals surface area contributed by atoms with Crippen molar-refractivity contribution in [1.29, 1.82) is 0 Å². The van der Waals surface area contributed by atoms with Crippen molar-refractivity contribution in [3.63, 3.8) is 0 Å². The van der Waals surface area contributed by atoms with Gasteiger partial charge in [-0.1, -0.05) is 31.0 Å². The molecule has 1 N–H and O–H groups in total. The third kappa shape index (κ3) is 2.77. The maximum atomic E-state index is 12.8. The van der Waals surface area contributed by atoms with Gasteiger partial charge in [0.1, 0.15) is 5.54 Å². The van der Waals surface area contributed by atoms with Gasteiger partial charge in [0, 0.05) is 6.54 Å². The number of carboxylic acid groups (broad SMARTS) is 1. The fourth-order valence-corrected chi connectivity index (χ4v) is 3.43. The van der Waals surface area contributed by atoms with E-state index in [1.54, 1.807) is 12.1 Å². The molecule has 1 aliphatic heterocycles. The molecule has 0 aliphatic carbocycles. The van der Waals surface area contributed by atoms with Crippen LogP contribution in [0.4, 0.5) is 0 Å². The summed E-state index contributed by atoms with van der Waals surface area (Å²) in [7, 11) is 0. The second kappa shape index (κ2) is 6.06. The van der Waals surface area contributed by atoms with E-state index in [1.165, 1.54) is 4.90 Å². The van der Waals surface area contributed by atoms with Crippen LogP contribution in [-0.4, -0.2) is 34.0 Å². The normalized spacial score (nSPS) is 21.6. The molecule has 0 saturated carbocycles. The summed E-state index contributed by atoms with van der Waals surface area (Å²) in [6.45, 7) is 4.30. The Balaban J connectivity index is 2.39. The van der Waals surface area contributed by atoms with E-state index < -0.39 is 11.5 Å². The maximum absolute atomic E-state index is 12.8. The third-order valence-corrected chi connectivity index (χ3v) is 4.46. The standard InChI is InChI=1S/C16H20ClNO3/c1-3-7-16(15(20)21)8-4-9-18(16)14(19)12-6-5-11(2)10-13(12)17/h5-6,10H,3-4,7-9H2,1-2H3,(H,20,21). The third-order valence-electron chi connectivity index (χ3n) is 4.15. The number of halogens is 1. The molecule has 1 aliphatic rings. The summed E-state index contributed by atoms with van der Waals surface area (Å²) in [6.07, 6.45) is 2.40. The molecule has 1 heterocycles. The number of benzene rings is 1. The largest absolute Gasteiger partial charge is 0.479 e. The number of rotatable bonds is 4. The topological polar surface area (TPSA) is 57.6 Å². The molecule has 114 valence electrons. The Kier molecular flexibility index (Phi) is 4.57. The van der Waals surface area contributed by atoms with Crippen molar-refractivity contribution in [2.45, 2.75) is 45.1 Å². The minimum atomic E-state index is -1.08. The van der Waals surface area contributed by atoms with Gasteiger partial charge in [-0.2, -0.15) is 0 Å². The van der Waals surface area contributed by atoms with Gasteiger partial charge in [-0.15, -0.1) is 0 Å². The van der Waals surface area contributed by atoms with Gasteiger partial charge in [0.05, 0.1) is 10.6 Å². The maximum Gasteiger partial charge on any atom is 0.329 e. The minimum absolute atomic E-state index is 0.284. The van der Waals surface area contributed by atoms with E-state index in [1.807, 2.05) is 19.9 Å². The zero-order valence-corrected chi connectivity index (χ0v) is 13.1. The fraction of sp³-hybridized carbons (Fsp3) is 0.500. The zero-order chi connectivity index (χ0) is 15.6. The monoisotopic (exact) mass is 309 g/mol. The van der Waals surface area contributed by atoms with Crippen molar-refractivity contribution < 1.29 is 14.7 Å². The smallest absolute Gasteiger partial charge is 0.329 e. The number of hydrogen-bond acceptors (Lipinski definition) is 2. The van der Waals surface area contributed by atoms with Crippen LogP contribution < -0.4 is 0 Å². The summed E-state index contributed by atoms with van der Waals surface area (Å²) >= 11 is 6.16. The molecule has 1 atom stereocenters. The summed E-state index contributed by atoms with van der Waals surface area (Å²) in [5.74, 6) is -1.20.